The van der Waals surface area contributed by atoms with Gasteiger partial charge in [0.15, 0.2) is 5.75 Å². The molecule has 5 nitrogen and oxygen atoms in total. The van der Waals surface area contributed by atoms with Crippen molar-refractivity contribution in [2.24, 2.45) is 5.90 Å². The van der Waals surface area contributed by atoms with Crippen molar-refractivity contribution >= 4 is 46.8 Å². The number of nitrogens with two attached hydrogens (primary N) is 1. The largest absolute Gasteiger partial charge is 0.454 e. The fraction of sp³-hybridized carbons (Fsp3) is 0.235. The van der Waals surface area contributed by atoms with Gasteiger partial charge in [0.25, 0.3) is 0 Å². The second-order valence-corrected chi connectivity index (χ2v) is 6.90. The van der Waals surface area contributed by atoms with Gasteiger partial charge in [0, 0.05) is 6.54 Å². The zero-order valence-electron chi connectivity index (χ0n) is 13.7. The number of thiocarbonyl (C=S) groups is 1. The molecule has 0 fully saturated rings. The lowest BCUT2D eigenvalue weighted by atomic mass is 10.2. The number of unbranched alkanes of at least 4 members (excludes halogenated alkanes) is 1. The first-order valence-corrected chi connectivity index (χ1v) is 9.27. The van der Waals surface area contributed by atoms with Crippen LogP contribution in [0.3, 0.4) is 0 Å². The van der Waals surface area contributed by atoms with Crippen molar-refractivity contribution in [3.8, 4) is 11.5 Å². The fourth-order valence-corrected chi connectivity index (χ4v) is 2.83. The molecule has 0 aliphatic rings. The van der Waals surface area contributed by atoms with Gasteiger partial charge >= 0.3 is 0 Å². The van der Waals surface area contributed by atoms with Crippen LogP contribution >= 0.6 is 24.3 Å². The standard InChI is InChI=1S/C17H20N2O3S3/c1-2-3-9-19-14-10-12(17(23)24)11-15(25-22-21-18)16(14)20-13-7-5-4-6-8-13/h4-8,10-11,19H,2-3,9,18H2,1H3,(H,23,24)/p-1. The average Bonchev–Trinajstić information content (AvgIpc) is 2.62. The maximum Gasteiger partial charge on any atom is 0.166 e. The van der Waals surface area contributed by atoms with Gasteiger partial charge in [-0.1, -0.05) is 31.5 Å². The van der Waals surface area contributed by atoms with Crippen LogP contribution in [0, 0.1) is 0 Å². The summed E-state index contributed by atoms with van der Waals surface area (Å²) in [6.07, 6.45) is 2.10. The zero-order valence-corrected chi connectivity index (χ0v) is 16.1. The summed E-state index contributed by atoms with van der Waals surface area (Å²) in [4.78, 5) is 4.87. The van der Waals surface area contributed by atoms with E-state index in [1.807, 2.05) is 36.4 Å². The van der Waals surface area contributed by atoms with Crippen molar-refractivity contribution in [3.63, 3.8) is 0 Å². The molecule has 0 saturated carbocycles. The predicted molar refractivity (Wildman–Crippen MR) is 108 cm³/mol. The molecule has 0 unspecified atom stereocenters. The van der Waals surface area contributed by atoms with E-state index >= 15 is 0 Å². The summed E-state index contributed by atoms with van der Waals surface area (Å²) in [6, 6.07) is 13.1. The van der Waals surface area contributed by atoms with Crippen LogP contribution in [0.2, 0.25) is 0 Å². The third kappa shape index (κ3) is 6.10. The molecule has 0 heterocycles. The van der Waals surface area contributed by atoms with Crippen LogP contribution in [0.5, 0.6) is 11.5 Å². The Bertz CT molecular complexity index is 699. The van der Waals surface area contributed by atoms with E-state index in [1.54, 1.807) is 6.07 Å². The third-order valence-electron chi connectivity index (χ3n) is 3.26. The van der Waals surface area contributed by atoms with Gasteiger partial charge < -0.3 is 34.9 Å². The molecule has 25 heavy (non-hydrogen) atoms. The summed E-state index contributed by atoms with van der Waals surface area (Å²) in [6.45, 7) is 2.93. The van der Waals surface area contributed by atoms with E-state index in [-0.39, 0.29) is 0 Å². The Morgan fingerprint density at radius 3 is 2.68 bits per heavy atom. The Kier molecular flexibility index (Phi) is 8.39. The van der Waals surface area contributed by atoms with E-state index in [4.69, 9.17) is 39.8 Å². The Hall–Kier alpha value is -1.42. The molecule has 0 amide bonds. The summed E-state index contributed by atoms with van der Waals surface area (Å²) in [5.41, 5.74) is 1.51. The van der Waals surface area contributed by atoms with Crippen molar-refractivity contribution in [2.45, 2.75) is 24.7 Å². The van der Waals surface area contributed by atoms with Gasteiger partial charge in [-0.3, -0.25) is 0 Å². The monoisotopic (exact) mass is 395 g/mol. The maximum absolute atomic E-state index is 6.07. The van der Waals surface area contributed by atoms with Crippen LogP contribution in [0.15, 0.2) is 47.4 Å². The number of hydrogen-bond acceptors (Lipinski definition) is 8. The molecule has 2 rings (SSSR count). The Labute approximate surface area is 162 Å². The number of ether oxygens (including phenoxy) is 1. The smallest absolute Gasteiger partial charge is 0.166 e. The first-order valence-electron chi connectivity index (χ1n) is 7.72. The quantitative estimate of drug-likeness (QED) is 0.149. The number of benzene rings is 2. The van der Waals surface area contributed by atoms with Crippen LogP contribution in [0.1, 0.15) is 25.3 Å². The van der Waals surface area contributed by atoms with E-state index in [0.717, 1.165) is 42.7 Å². The highest BCUT2D eigenvalue weighted by atomic mass is 32.2. The fourth-order valence-electron chi connectivity index (χ4n) is 2.08. The van der Waals surface area contributed by atoms with Crippen molar-refractivity contribution in [3.05, 3.63) is 48.0 Å². The summed E-state index contributed by atoms with van der Waals surface area (Å²) < 4.78 is 11.3. The Morgan fingerprint density at radius 1 is 1.28 bits per heavy atom. The van der Waals surface area contributed by atoms with Crippen molar-refractivity contribution in [1.82, 2.24) is 0 Å². The number of hydrogen-bond donors (Lipinski definition) is 2. The van der Waals surface area contributed by atoms with Crippen molar-refractivity contribution in [2.75, 3.05) is 11.9 Å². The molecule has 0 aromatic heterocycles. The third-order valence-corrected chi connectivity index (χ3v) is 4.36. The Balaban J connectivity index is 2.42. The van der Waals surface area contributed by atoms with Gasteiger partial charge in [-0.25, -0.2) is 0 Å². The summed E-state index contributed by atoms with van der Waals surface area (Å²) >= 11 is 11.2. The van der Waals surface area contributed by atoms with Gasteiger partial charge in [-0.2, -0.15) is 5.90 Å². The molecule has 2 aromatic rings. The van der Waals surface area contributed by atoms with E-state index in [2.05, 4.69) is 17.2 Å². The summed E-state index contributed by atoms with van der Waals surface area (Å²) in [5, 5.41) is 3.37. The second-order valence-electron chi connectivity index (χ2n) is 5.08. The zero-order chi connectivity index (χ0) is 18.1. The SMILES string of the molecule is CCCCNc1cc(C(=S)[S-])cc(SOON)c1Oc1ccccc1. The van der Waals surface area contributed by atoms with Gasteiger partial charge in [-0.05, 0) is 36.2 Å². The average molecular weight is 396 g/mol. The number of rotatable bonds is 10. The second kappa shape index (κ2) is 10.5. The first-order chi connectivity index (χ1) is 12.2. The van der Waals surface area contributed by atoms with Crippen LogP contribution in [0.25, 0.3) is 0 Å². The molecule has 0 aliphatic heterocycles. The van der Waals surface area contributed by atoms with Crippen LogP contribution in [-0.2, 0) is 22.0 Å². The molecule has 134 valence electrons. The number of nitrogens with one attached hydrogen (secondary N) is 1. The topological polar surface area (TPSA) is 65.7 Å². The van der Waals surface area contributed by atoms with Gasteiger partial charge in [0.1, 0.15) is 5.75 Å². The van der Waals surface area contributed by atoms with Crippen LogP contribution in [-0.4, -0.2) is 10.7 Å². The molecule has 0 spiro atoms. The van der Waals surface area contributed by atoms with E-state index in [0.29, 0.717) is 20.6 Å². The summed E-state index contributed by atoms with van der Waals surface area (Å²) in [5.74, 6) is 6.26. The number of anilines is 1. The van der Waals surface area contributed by atoms with E-state index in [1.165, 1.54) is 0 Å². The van der Waals surface area contributed by atoms with E-state index < -0.39 is 0 Å². The normalized spacial score (nSPS) is 10.5. The minimum Gasteiger partial charge on any atom is -0.454 e. The number of para-hydroxylation sites is 1. The van der Waals surface area contributed by atoms with E-state index in [9.17, 15) is 0 Å². The molecule has 0 radical (unpaired) electrons. The molecule has 0 atom stereocenters. The highest BCUT2D eigenvalue weighted by Gasteiger charge is 2.15. The lowest BCUT2D eigenvalue weighted by molar-refractivity contribution is -0.195. The minimum atomic E-state index is 0.361. The van der Waals surface area contributed by atoms with Crippen molar-refractivity contribution < 1.29 is 14.1 Å². The molecule has 0 aliphatic carbocycles. The highest BCUT2D eigenvalue weighted by molar-refractivity contribution is 8.01. The lowest BCUT2D eigenvalue weighted by Crippen LogP contribution is -2.06. The molecular weight excluding hydrogens is 376 g/mol. The maximum atomic E-state index is 6.07. The van der Waals surface area contributed by atoms with Gasteiger partial charge in [0.2, 0.25) is 0 Å². The van der Waals surface area contributed by atoms with Crippen LogP contribution in [0.4, 0.5) is 5.69 Å². The molecule has 0 bridgehead atoms. The summed E-state index contributed by atoms with van der Waals surface area (Å²) in [7, 11) is 0. The minimum absolute atomic E-state index is 0.361. The lowest BCUT2D eigenvalue weighted by Gasteiger charge is -2.19. The van der Waals surface area contributed by atoms with Gasteiger partial charge in [0.05, 0.1) is 22.6 Å². The van der Waals surface area contributed by atoms with Crippen LogP contribution < -0.4 is 16.0 Å². The highest BCUT2D eigenvalue weighted by Crippen LogP contribution is 2.40. The molecule has 8 heteroatoms. The first kappa shape index (κ1) is 19.9. The molecule has 0 saturated heterocycles. The van der Waals surface area contributed by atoms with Crippen molar-refractivity contribution in [1.29, 1.82) is 0 Å². The van der Waals surface area contributed by atoms with Gasteiger partial charge in [-0.15, -0.1) is 13.5 Å². The Morgan fingerprint density at radius 2 is 2.04 bits per heavy atom. The predicted octanol–water partition coefficient (Wildman–Crippen LogP) is 4.74. The molecule has 3 N–H and O–H groups in total. The molecular formula is C17H19N2O3S3-. The molecule has 2 aromatic carbocycles.